The summed E-state index contributed by atoms with van der Waals surface area (Å²) < 4.78 is 38.8. The van der Waals surface area contributed by atoms with Gasteiger partial charge in [-0.3, -0.25) is 9.58 Å². The molecular formula is C15H22F3N7. The highest BCUT2D eigenvalue weighted by molar-refractivity contribution is 5.86. The number of nitrogens with two attached hydrogens (primary N) is 1. The van der Waals surface area contributed by atoms with Crippen molar-refractivity contribution in [2.75, 3.05) is 37.2 Å². The van der Waals surface area contributed by atoms with Crippen LogP contribution in [0.4, 0.5) is 24.9 Å². The molecule has 0 amide bonds. The third kappa shape index (κ3) is 4.50. The van der Waals surface area contributed by atoms with Gasteiger partial charge in [-0.05, 0) is 38.3 Å². The molecule has 3 heterocycles. The Labute approximate surface area is 143 Å². The van der Waals surface area contributed by atoms with Gasteiger partial charge in [-0.15, -0.1) is 0 Å². The van der Waals surface area contributed by atoms with Crippen LogP contribution in [-0.4, -0.2) is 57.0 Å². The lowest BCUT2D eigenvalue weighted by molar-refractivity contribution is -0.148. The second-order valence-corrected chi connectivity index (χ2v) is 6.49. The summed E-state index contributed by atoms with van der Waals surface area (Å²) in [5, 5.41) is 7.97. The second kappa shape index (κ2) is 7.03. The van der Waals surface area contributed by atoms with Crippen molar-refractivity contribution in [3.05, 3.63) is 6.20 Å². The number of aryl methyl sites for hydroxylation is 1. The number of likely N-dealkylation sites (tertiary alicyclic amines) is 1. The SMILES string of the molecule is Cn1ncc2c(N)nc(NCCC3CCN(CC(F)(F)F)CC3)nc21. The second-order valence-electron chi connectivity index (χ2n) is 6.49. The van der Waals surface area contributed by atoms with Crippen molar-refractivity contribution in [3.8, 4) is 0 Å². The number of anilines is 2. The zero-order valence-electron chi connectivity index (χ0n) is 14.1. The fraction of sp³-hybridized carbons (Fsp3) is 0.667. The number of halogens is 3. The summed E-state index contributed by atoms with van der Waals surface area (Å²) in [5.41, 5.74) is 6.57. The van der Waals surface area contributed by atoms with Gasteiger partial charge in [0.15, 0.2) is 5.65 Å². The first-order valence-corrected chi connectivity index (χ1v) is 8.30. The van der Waals surface area contributed by atoms with E-state index in [1.54, 1.807) is 17.9 Å². The minimum atomic E-state index is -4.11. The first kappa shape index (κ1) is 17.7. The highest BCUT2D eigenvalue weighted by Gasteiger charge is 2.32. The Morgan fingerprint density at radius 2 is 2.00 bits per heavy atom. The van der Waals surface area contributed by atoms with Crippen LogP contribution in [0.3, 0.4) is 0 Å². The molecule has 0 radical (unpaired) electrons. The summed E-state index contributed by atoms with van der Waals surface area (Å²) in [4.78, 5) is 10.1. The van der Waals surface area contributed by atoms with Gasteiger partial charge in [0.05, 0.1) is 18.1 Å². The van der Waals surface area contributed by atoms with Crippen molar-refractivity contribution in [1.29, 1.82) is 0 Å². The smallest absolute Gasteiger partial charge is 0.383 e. The average Bonchev–Trinajstić information content (AvgIpc) is 2.90. The van der Waals surface area contributed by atoms with E-state index in [0.29, 0.717) is 48.4 Å². The lowest BCUT2D eigenvalue weighted by Crippen LogP contribution is -2.40. The number of rotatable bonds is 5. The van der Waals surface area contributed by atoms with Crippen LogP contribution in [-0.2, 0) is 7.05 Å². The molecule has 1 aliphatic rings. The number of nitrogens with zero attached hydrogens (tertiary/aromatic N) is 5. The van der Waals surface area contributed by atoms with Crippen molar-refractivity contribution < 1.29 is 13.2 Å². The quantitative estimate of drug-likeness (QED) is 0.852. The zero-order chi connectivity index (χ0) is 18.0. The van der Waals surface area contributed by atoms with E-state index in [2.05, 4.69) is 20.4 Å². The fourth-order valence-electron chi connectivity index (χ4n) is 3.20. The van der Waals surface area contributed by atoms with E-state index in [0.717, 1.165) is 19.3 Å². The summed E-state index contributed by atoms with van der Waals surface area (Å²) in [7, 11) is 1.79. The van der Waals surface area contributed by atoms with Crippen molar-refractivity contribution in [2.24, 2.45) is 13.0 Å². The Bertz CT molecular complexity index is 720. The number of nitrogen functional groups attached to an aromatic ring is 1. The molecule has 1 saturated heterocycles. The summed E-state index contributed by atoms with van der Waals surface area (Å²) in [6, 6.07) is 0. The van der Waals surface area contributed by atoms with Crippen molar-refractivity contribution in [3.63, 3.8) is 0 Å². The molecule has 2 aromatic rings. The number of hydrogen-bond donors (Lipinski definition) is 2. The van der Waals surface area contributed by atoms with Gasteiger partial charge in [0, 0.05) is 13.6 Å². The maximum absolute atomic E-state index is 12.4. The Morgan fingerprint density at radius 1 is 1.28 bits per heavy atom. The van der Waals surface area contributed by atoms with Gasteiger partial charge in [-0.2, -0.15) is 28.2 Å². The molecule has 3 rings (SSSR count). The third-order valence-electron chi connectivity index (χ3n) is 4.57. The van der Waals surface area contributed by atoms with Crippen molar-refractivity contribution in [1.82, 2.24) is 24.6 Å². The van der Waals surface area contributed by atoms with Crippen LogP contribution >= 0.6 is 0 Å². The molecule has 0 saturated carbocycles. The van der Waals surface area contributed by atoms with E-state index in [1.165, 1.54) is 4.90 Å². The molecule has 0 aliphatic carbocycles. The molecule has 0 unspecified atom stereocenters. The highest BCUT2D eigenvalue weighted by atomic mass is 19.4. The summed E-state index contributed by atoms with van der Waals surface area (Å²) in [6.07, 6.45) is -0.0606. The average molecular weight is 357 g/mol. The monoisotopic (exact) mass is 357 g/mol. The van der Waals surface area contributed by atoms with Gasteiger partial charge in [0.25, 0.3) is 0 Å². The van der Waals surface area contributed by atoms with Gasteiger partial charge in [-0.25, -0.2) is 0 Å². The first-order valence-electron chi connectivity index (χ1n) is 8.30. The number of nitrogens with one attached hydrogen (secondary N) is 1. The van der Waals surface area contributed by atoms with Crippen molar-refractivity contribution >= 4 is 22.8 Å². The maximum atomic E-state index is 12.4. The first-order chi connectivity index (χ1) is 11.8. The lowest BCUT2D eigenvalue weighted by atomic mass is 9.93. The van der Waals surface area contributed by atoms with Crippen LogP contribution in [0.2, 0.25) is 0 Å². The number of piperidine rings is 1. The van der Waals surface area contributed by atoms with Crippen LogP contribution in [0.1, 0.15) is 19.3 Å². The van der Waals surface area contributed by atoms with E-state index < -0.39 is 12.7 Å². The van der Waals surface area contributed by atoms with Crippen molar-refractivity contribution in [2.45, 2.75) is 25.4 Å². The third-order valence-corrected chi connectivity index (χ3v) is 4.57. The minimum absolute atomic E-state index is 0.376. The largest absolute Gasteiger partial charge is 0.401 e. The molecule has 10 heteroatoms. The molecule has 3 N–H and O–H groups in total. The van der Waals surface area contributed by atoms with Gasteiger partial charge in [0.1, 0.15) is 5.82 Å². The Kier molecular flexibility index (Phi) is 4.98. The highest BCUT2D eigenvalue weighted by Crippen LogP contribution is 2.24. The maximum Gasteiger partial charge on any atom is 0.401 e. The van der Waals surface area contributed by atoms with Crippen LogP contribution in [0, 0.1) is 5.92 Å². The number of fused-ring (bicyclic) bond motifs is 1. The molecule has 1 aliphatic heterocycles. The number of aromatic nitrogens is 4. The summed E-state index contributed by atoms with van der Waals surface area (Å²) in [6.45, 7) is 0.839. The Hall–Kier alpha value is -2.10. The van der Waals surface area contributed by atoms with Crippen LogP contribution in [0.25, 0.3) is 11.0 Å². The predicted molar refractivity (Wildman–Crippen MR) is 89.0 cm³/mol. The van der Waals surface area contributed by atoms with Gasteiger partial charge >= 0.3 is 6.18 Å². The van der Waals surface area contributed by atoms with E-state index in [-0.39, 0.29) is 0 Å². The van der Waals surface area contributed by atoms with E-state index in [9.17, 15) is 13.2 Å². The van der Waals surface area contributed by atoms with Gasteiger partial charge in [-0.1, -0.05) is 0 Å². The molecular weight excluding hydrogens is 335 g/mol. The normalized spacial score (nSPS) is 17.3. The lowest BCUT2D eigenvalue weighted by Gasteiger charge is -2.32. The van der Waals surface area contributed by atoms with E-state index >= 15 is 0 Å². The standard InChI is InChI=1S/C15H22F3N7/c1-24-13-11(8-21-24)12(19)22-14(23-13)20-5-2-10-3-6-25(7-4-10)9-15(16,17)18/h8,10H,2-7,9H2,1H3,(H3,19,20,22,23). The van der Waals surface area contributed by atoms with Crippen LogP contribution < -0.4 is 11.1 Å². The molecule has 1 fully saturated rings. The molecule has 7 nitrogen and oxygen atoms in total. The molecule has 2 aromatic heterocycles. The van der Waals surface area contributed by atoms with Gasteiger partial charge < -0.3 is 11.1 Å². The molecule has 0 spiro atoms. The molecule has 25 heavy (non-hydrogen) atoms. The Morgan fingerprint density at radius 3 is 2.68 bits per heavy atom. The minimum Gasteiger partial charge on any atom is -0.383 e. The number of hydrogen-bond acceptors (Lipinski definition) is 6. The molecule has 0 aromatic carbocycles. The van der Waals surface area contributed by atoms with Gasteiger partial charge in [0.2, 0.25) is 5.95 Å². The van der Waals surface area contributed by atoms with E-state index in [4.69, 9.17) is 5.73 Å². The molecule has 0 atom stereocenters. The van der Waals surface area contributed by atoms with E-state index in [1.807, 2.05) is 0 Å². The Balaban J connectivity index is 1.47. The topological polar surface area (TPSA) is 84.9 Å². The predicted octanol–water partition coefficient (Wildman–Crippen LogP) is 2.02. The zero-order valence-corrected chi connectivity index (χ0v) is 14.1. The summed E-state index contributed by atoms with van der Waals surface area (Å²) in [5.74, 6) is 1.24. The van der Waals surface area contributed by atoms with Crippen LogP contribution in [0.5, 0.6) is 0 Å². The molecule has 138 valence electrons. The number of alkyl halides is 3. The van der Waals surface area contributed by atoms with Crippen LogP contribution in [0.15, 0.2) is 6.20 Å². The summed E-state index contributed by atoms with van der Waals surface area (Å²) >= 11 is 0. The molecule has 0 bridgehead atoms. The fourth-order valence-corrected chi connectivity index (χ4v) is 3.20.